The fourth-order valence-corrected chi connectivity index (χ4v) is 3.44. The molecule has 0 bridgehead atoms. The van der Waals surface area contributed by atoms with Crippen LogP contribution in [0, 0.1) is 10.8 Å². The fourth-order valence-electron chi connectivity index (χ4n) is 2.06. The predicted octanol–water partition coefficient (Wildman–Crippen LogP) is -3.36. The Kier molecular flexibility index (Phi) is 10.1. The van der Waals surface area contributed by atoms with Gasteiger partial charge in [-0.15, -0.1) is 0 Å². The Balaban J connectivity index is 0.00000364. The molecule has 0 saturated carbocycles. The van der Waals surface area contributed by atoms with Crippen molar-refractivity contribution in [3.05, 3.63) is 57.5 Å². The van der Waals surface area contributed by atoms with Crippen LogP contribution in [0.4, 0.5) is 11.4 Å². The van der Waals surface area contributed by atoms with E-state index in [1.54, 1.807) is 0 Å². The molecular formula is C14H8N4Na2O6S2+2. The molecule has 0 amide bonds. The van der Waals surface area contributed by atoms with Gasteiger partial charge >= 0.3 is 70.5 Å². The van der Waals surface area contributed by atoms with Crippen LogP contribution in [0.2, 0.25) is 0 Å². The Labute approximate surface area is 205 Å². The Bertz CT molecular complexity index is 1120. The molecule has 0 atom stereocenters. The summed E-state index contributed by atoms with van der Waals surface area (Å²) in [6.07, 6.45) is 2.21. The molecule has 14 heteroatoms. The van der Waals surface area contributed by atoms with Crippen LogP contribution in [-0.2, 0) is 20.2 Å². The molecule has 0 aliphatic rings. The van der Waals surface area contributed by atoms with Gasteiger partial charge in [-0.25, -0.2) is 16.8 Å². The third-order valence-corrected chi connectivity index (χ3v) is 4.99. The topological polar surface area (TPSA) is 171 Å². The molecule has 0 saturated heterocycles. The first-order chi connectivity index (χ1) is 12.1. The number of diazo groups is 2. The normalized spacial score (nSPS) is 11.0. The fraction of sp³-hybridized carbons (Fsp3) is 0. The van der Waals surface area contributed by atoms with E-state index in [0.717, 1.165) is 24.3 Å². The zero-order chi connectivity index (χ0) is 19.5. The van der Waals surface area contributed by atoms with Gasteiger partial charge in [0.2, 0.25) is 10.8 Å². The molecule has 2 rings (SSSR count). The van der Waals surface area contributed by atoms with Gasteiger partial charge in [0, 0.05) is 12.1 Å². The van der Waals surface area contributed by atoms with Crippen molar-refractivity contribution in [1.29, 1.82) is 10.8 Å². The van der Waals surface area contributed by atoms with Crippen molar-refractivity contribution in [2.24, 2.45) is 0 Å². The first-order valence-electron chi connectivity index (χ1n) is 6.64. The molecule has 2 aromatic carbocycles. The molecule has 0 aliphatic heterocycles. The monoisotopic (exact) mass is 438 g/mol. The van der Waals surface area contributed by atoms with E-state index in [0.29, 0.717) is 0 Å². The van der Waals surface area contributed by atoms with E-state index >= 15 is 0 Å². The molecule has 0 unspecified atom stereocenters. The summed E-state index contributed by atoms with van der Waals surface area (Å²) in [6, 6.07) is 6.43. The molecule has 28 heavy (non-hydrogen) atoms. The number of benzene rings is 2. The second-order valence-corrected chi connectivity index (χ2v) is 7.58. The van der Waals surface area contributed by atoms with Crippen LogP contribution in [0.1, 0.15) is 11.1 Å². The first-order valence-corrected chi connectivity index (χ1v) is 9.46. The summed E-state index contributed by atoms with van der Waals surface area (Å²) in [5.74, 6) is 0. The maximum Gasteiger partial charge on any atom is 1.00 e. The molecule has 0 N–H and O–H groups in total. The third kappa shape index (κ3) is 6.72. The summed E-state index contributed by atoms with van der Waals surface area (Å²) < 4.78 is 68.1. The second-order valence-electron chi connectivity index (χ2n) is 4.89. The Hall–Kier alpha value is -1.16. The van der Waals surface area contributed by atoms with Gasteiger partial charge in [0.15, 0.2) is 9.95 Å². The van der Waals surface area contributed by atoms with Crippen LogP contribution in [0.25, 0.3) is 22.1 Å². The van der Waals surface area contributed by atoms with Crippen molar-refractivity contribution in [1.82, 2.24) is 0 Å². The van der Waals surface area contributed by atoms with Crippen molar-refractivity contribution in [3.63, 3.8) is 0 Å². The number of nitrogens with zero attached hydrogens (tertiary/aromatic N) is 4. The Morgan fingerprint density at radius 3 is 1.29 bits per heavy atom. The molecule has 2 aromatic rings. The molecule has 0 fully saturated rings. The van der Waals surface area contributed by atoms with Crippen molar-refractivity contribution in [3.8, 4) is 0 Å². The molecule has 10 nitrogen and oxygen atoms in total. The van der Waals surface area contributed by atoms with Crippen molar-refractivity contribution < 1.29 is 85.1 Å². The van der Waals surface area contributed by atoms with Gasteiger partial charge < -0.3 is 9.11 Å². The largest absolute Gasteiger partial charge is 1.00 e. The van der Waals surface area contributed by atoms with E-state index in [1.807, 2.05) is 0 Å². The van der Waals surface area contributed by atoms with Crippen LogP contribution < -0.4 is 59.1 Å². The van der Waals surface area contributed by atoms with Gasteiger partial charge in [-0.1, -0.05) is 12.2 Å². The summed E-state index contributed by atoms with van der Waals surface area (Å²) in [4.78, 5) is 4.18. The average Bonchev–Trinajstić information content (AvgIpc) is 2.58. The molecule has 0 aromatic heterocycles. The average molecular weight is 438 g/mol. The molecule has 0 radical (unpaired) electrons. The van der Waals surface area contributed by atoms with Crippen molar-refractivity contribution in [2.45, 2.75) is 9.79 Å². The zero-order valence-corrected chi connectivity index (χ0v) is 20.3. The van der Waals surface area contributed by atoms with E-state index in [4.69, 9.17) is 10.8 Å². The number of hydrogen-bond acceptors (Lipinski definition) is 8. The van der Waals surface area contributed by atoms with Crippen LogP contribution in [0.3, 0.4) is 0 Å². The van der Waals surface area contributed by atoms with Crippen LogP contribution in [-0.4, -0.2) is 25.9 Å². The third-order valence-electron chi connectivity index (χ3n) is 3.21. The van der Waals surface area contributed by atoms with E-state index in [2.05, 4.69) is 9.95 Å². The number of rotatable bonds is 4. The standard InChI is InChI=1S/C14H8N4O6S2.2Na/c15-17-11-5-3-9(13(7-11)25(19,20)21)1-2-10-4-6-12(18-16)8-14(10)26(22,23)24;;/h1-8H;;/q;2*+1/b2-1+;;. The van der Waals surface area contributed by atoms with Crippen LogP contribution in [0.5, 0.6) is 0 Å². The van der Waals surface area contributed by atoms with Crippen molar-refractivity contribution >= 4 is 43.8 Å². The van der Waals surface area contributed by atoms with Gasteiger partial charge in [0.05, 0.1) is 21.9 Å². The molecular weight excluding hydrogens is 430 g/mol. The van der Waals surface area contributed by atoms with E-state index in [-0.39, 0.29) is 81.6 Å². The van der Waals surface area contributed by atoms with Crippen LogP contribution in [0.15, 0.2) is 46.2 Å². The van der Waals surface area contributed by atoms with Crippen LogP contribution >= 0.6 is 0 Å². The Morgan fingerprint density at radius 1 is 0.714 bits per heavy atom. The minimum Gasteiger partial charge on any atom is -0.744 e. The molecule has 0 aliphatic carbocycles. The summed E-state index contributed by atoms with van der Waals surface area (Å²) in [5, 5.41) is 17.4. The van der Waals surface area contributed by atoms with Gasteiger partial charge in [-0.05, 0) is 23.3 Å². The van der Waals surface area contributed by atoms with Crippen molar-refractivity contribution in [2.75, 3.05) is 0 Å². The molecule has 0 heterocycles. The summed E-state index contributed by atoms with van der Waals surface area (Å²) in [5.41, 5.74) is -0.572. The summed E-state index contributed by atoms with van der Waals surface area (Å²) in [7, 11) is -9.84. The van der Waals surface area contributed by atoms with E-state index < -0.39 is 30.0 Å². The molecule has 132 valence electrons. The van der Waals surface area contributed by atoms with Gasteiger partial charge in [-0.3, -0.25) is 0 Å². The summed E-state index contributed by atoms with van der Waals surface area (Å²) >= 11 is 0. The smallest absolute Gasteiger partial charge is 0.744 e. The van der Waals surface area contributed by atoms with E-state index in [9.17, 15) is 25.9 Å². The first kappa shape index (κ1) is 26.8. The maximum atomic E-state index is 11.3. The minimum atomic E-state index is -4.92. The van der Waals surface area contributed by atoms with Gasteiger partial charge in [0.25, 0.3) is 0 Å². The summed E-state index contributed by atoms with van der Waals surface area (Å²) in [6.45, 7) is 0. The van der Waals surface area contributed by atoms with E-state index in [1.165, 1.54) is 24.3 Å². The molecule has 0 spiro atoms. The minimum absolute atomic E-state index is 0. The maximum absolute atomic E-state index is 11.3. The zero-order valence-electron chi connectivity index (χ0n) is 14.7. The van der Waals surface area contributed by atoms with Gasteiger partial charge in [0.1, 0.15) is 20.2 Å². The number of hydrogen-bond donors (Lipinski definition) is 0. The van der Waals surface area contributed by atoms with Gasteiger partial charge in [-0.2, -0.15) is 0 Å². The quantitative estimate of drug-likeness (QED) is 0.206. The second kappa shape index (κ2) is 10.6. The predicted molar refractivity (Wildman–Crippen MR) is 87.2 cm³/mol. The Morgan fingerprint density at radius 2 is 1.04 bits per heavy atom. The SMILES string of the molecule is N#[N+]c1ccc(/C=C/c2ccc([N+]#N)cc2S(=O)(=O)[O-])c(S(=O)(=O)[O-])c1.[Na+].[Na+].